The summed E-state index contributed by atoms with van der Waals surface area (Å²) < 4.78 is 11.3. The maximum atomic E-state index is 12.7. The molecule has 1 heterocycles. The minimum Gasteiger partial charge on any atom is -0.495 e. The Labute approximate surface area is 145 Å². The average Bonchev–Trinajstić information content (AvgIpc) is 2.54. The Morgan fingerprint density at radius 2 is 1.91 bits per heavy atom. The standard InChI is InChI=1S/C15H21BrN2O3.ClH/c1-17-11-5-4-6-18(9-11)15(19)10-7-12(20-2)14(16)13(8-10)21-3;/h7-8,11,17H,4-6,9H2,1-3H3;1H. The topological polar surface area (TPSA) is 50.8 Å². The quantitative estimate of drug-likeness (QED) is 0.854. The molecular formula is C15H22BrClN2O3. The van der Waals surface area contributed by atoms with Crippen LogP contribution in [0, 0.1) is 0 Å². The molecule has 22 heavy (non-hydrogen) atoms. The number of likely N-dealkylation sites (N-methyl/N-ethyl adjacent to an activating group) is 1. The van der Waals surface area contributed by atoms with Gasteiger partial charge in [0.25, 0.3) is 5.91 Å². The molecule has 1 saturated heterocycles. The number of methoxy groups -OCH3 is 2. The molecule has 1 aliphatic rings. The lowest BCUT2D eigenvalue weighted by molar-refractivity contribution is 0.0697. The van der Waals surface area contributed by atoms with E-state index in [0.29, 0.717) is 23.1 Å². The number of piperidine rings is 1. The van der Waals surface area contributed by atoms with Gasteiger partial charge in [-0.15, -0.1) is 12.4 Å². The van der Waals surface area contributed by atoms with Crippen LogP contribution >= 0.6 is 28.3 Å². The van der Waals surface area contributed by atoms with Gasteiger partial charge >= 0.3 is 0 Å². The molecule has 7 heteroatoms. The maximum Gasteiger partial charge on any atom is 0.254 e. The minimum absolute atomic E-state index is 0. The maximum absolute atomic E-state index is 12.7. The van der Waals surface area contributed by atoms with Crippen LogP contribution in [0.15, 0.2) is 16.6 Å². The van der Waals surface area contributed by atoms with Gasteiger partial charge in [-0.1, -0.05) is 0 Å². The number of halogens is 2. The molecule has 0 aromatic heterocycles. The summed E-state index contributed by atoms with van der Waals surface area (Å²) >= 11 is 3.42. The monoisotopic (exact) mass is 392 g/mol. The second kappa shape index (κ2) is 8.60. The first-order valence-electron chi connectivity index (χ1n) is 6.98. The molecule has 1 aliphatic heterocycles. The average molecular weight is 394 g/mol. The van der Waals surface area contributed by atoms with E-state index in [0.717, 1.165) is 30.4 Å². The lowest BCUT2D eigenvalue weighted by Gasteiger charge is -2.32. The third-order valence-corrected chi connectivity index (χ3v) is 4.59. The van der Waals surface area contributed by atoms with E-state index in [-0.39, 0.29) is 18.3 Å². The molecule has 0 aliphatic carbocycles. The molecule has 1 aromatic carbocycles. The van der Waals surface area contributed by atoms with E-state index in [2.05, 4.69) is 21.2 Å². The highest BCUT2D eigenvalue weighted by atomic mass is 79.9. The van der Waals surface area contributed by atoms with Crippen LogP contribution < -0.4 is 14.8 Å². The molecule has 1 fully saturated rings. The van der Waals surface area contributed by atoms with Crippen molar-refractivity contribution in [2.45, 2.75) is 18.9 Å². The number of hydrogen-bond donors (Lipinski definition) is 1. The highest BCUT2D eigenvalue weighted by molar-refractivity contribution is 9.10. The fourth-order valence-corrected chi connectivity index (χ4v) is 3.13. The van der Waals surface area contributed by atoms with Gasteiger partial charge in [0.1, 0.15) is 16.0 Å². The Kier molecular flexibility index (Phi) is 7.45. The van der Waals surface area contributed by atoms with Crippen molar-refractivity contribution < 1.29 is 14.3 Å². The second-order valence-electron chi connectivity index (χ2n) is 5.07. The van der Waals surface area contributed by atoms with E-state index in [1.165, 1.54) is 0 Å². The molecule has 5 nitrogen and oxygen atoms in total. The number of likely N-dealkylation sites (tertiary alicyclic amines) is 1. The summed E-state index contributed by atoms with van der Waals surface area (Å²) in [5, 5.41) is 3.24. The van der Waals surface area contributed by atoms with Crippen LogP contribution in [0.3, 0.4) is 0 Å². The van der Waals surface area contributed by atoms with Crippen molar-refractivity contribution in [1.82, 2.24) is 10.2 Å². The number of rotatable bonds is 4. The van der Waals surface area contributed by atoms with Crippen molar-refractivity contribution in [3.63, 3.8) is 0 Å². The number of nitrogens with one attached hydrogen (secondary N) is 1. The van der Waals surface area contributed by atoms with Gasteiger partial charge in [0.2, 0.25) is 0 Å². The van der Waals surface area contributed by atoms with Gasteiger partial charge < -0.3 is 19.7 Å². The Balaban J connectivity index is 0.00000242. The Bertz CT molecular complexity index is 503. The number of nitrogens with zero attached hydrogens (tertiary/aromatic N) is 1. The number of amides is 1. The van der Waals surface area contributed by atoms with Crippen LogP contribution in [0.2, 0.25) is 0 Å². The van der Waals surface area contributed by atoms with E-state index in [1.54, 1.807) is 26.4 Å². The van der Waals surface area contributed by atoms with Gasteiger partial charge in [0.05, 0.1) is 14.2 Å². The molecule has 124 valence electrons. The SMILES string of the molecule is CNC1CCCN(C(=O)c2cc(OC)c(Br)c(OC)c2)C1.Cl. The van der Waals surface area contributed by atoms with Gasteiger partial charge in [-0.25, -0.2) is 0 Å². The normalized spacial score (nSPS) is 17.6. The first-order chi connectivity index (χ1) is 10.1. The fraction of sp³-hybridized carbons (Fsp3) is 0.533. The summed E-state index contributed by atoms with van der Waals surface area (Å²) in [7, 11) is 5.09. The zero-order valence-electron chi connectivity index (χ0n) is 13.0. The van der Waals surface area contributed by atoms with Crippen LogP contribution in [0.25, 0.3) is 0 Å². The zero-order chi connectivity index (χ0) is 15.4. The Morgan fingerprint density at radius 1 is 1.32 bits per heavy atom. The van der Waals surface area contributed by atoms with Gasteiger partial charge in [-0.3, -0.25) is 4.79 Å². The predicted octanol–water partition coefficient (Wildman–Crippen LogP) is 2.71. The molecule has 1 aromatic rings. The lowest BCUT2D eigenvalue weighted by Crippen LogP contribution is -2.46. The lowest BCUT2D eigenvalue weighted by atomic mass is 10.0. The van der Waals surface area contributed by atoms with Gasteiger partial charge in [0.15, 0.2) is 0 Å². The number of ether oxygens (including phenoxy) is 2. The number of carbonyl (C=O) groups excluding carboxylic acids is 1. The molecule has 1 amide bonds. The second-order valence-corrected chi connectivity index (χ2v) is 5.87. The smallest absolute Gasteiger partial charge is 0.254 e. The van der Waals surface area contributed by atoms with Crippen molar-refractivity contribution in [3.05, 3.63) is 22.2 Å². The summed E-state index contributed by atoms with van der Waals surface area (Å²) in [6, 6.07) is 3.86. The Morgan fingerprint density at radius 3 is 2.41 bits per heavy atom. The summed E-state index contributed by atoms with van der Waals surface area (Å²) in [5.41, 5.74) is 0.587. The van der Waals surface area contributed by atoms with Crippen LogP contribution in [0.4, 0.5) is 0 Å². The number of carbonyl (C=O) groups is 1. The van der Waals surface area contributed by atoms with E-state index in [4.69, 9.17) is 9.47 Å². The van der Waals surface area contributed by atoms with Gasteiger partial charge in [0, 0.05) is 24.7 Å². The van der Waals surface area contributed by atoms with Crippen LogP contribution in [0.1, 0.15) is 23.2 Å². The van der Waals surface area contributed by atoms with Crippen LogP contribution in [-0.2, 0) is 0 Å². The molecule has 0 saturated carbocycles. The third kappa shape index (κ3) is 4.06. The third-order valence-electron chi connectivity index (χ3n) is 3.81. The highest BCUT2D eigenvalue weighted by Gasteiger charge is 2.25. The fourth-order valence-electron chi connectivity index (χ4n) is 2.57. The van der Waals surface area contributed by atoms with E-state index in [9.17, 15) is 4.79 Å². The molecule has 0 spiro atoms. The van der Waals surface area contributed by atoms with E-state index >= 15 is 0 Å². The summed E-state index contributed by atoms with van der Waals surface area (Å²) in [6.45, 7) is 1.52. The van der Waals surface area contributed by atoms with Crippen molar-refractivity contribution in [1.29, 1.82) is 0 Å². The minimum atomic E-state index is 0. The van der Waals surface area contributed by atoms with Gasteiger partial charge in [-0.05, 0) is 48.0 Å². The largest absolute Gasteiger partial charge is 0.495 e. The number of hydrogen-bond acceptors (Lipinski definition) is 4. The van der Waals surface area contributed by atoms with E-state index in [1.807, 2.05) is 11.9 Å². The van der Waals surface area contributed by atoms with Gasteiger partial charge in [-0.2, -0.15) is 0 Å². The molecule has 0 radical (unpaired) electrons. The van der Waals surface area contributed by atoms with Crippen molar-refractivity contribution >= 4 is 34.2 Å². The Hall–Kier alpha value is -0.980. The first kappa shape index (κ1) is 19.1. The highest BCUT2D eigenvalue weighted by Crippen LogP contribution is 2.36. The van der Waals surface area contributed by atoms with Crippen molar-refractivity contribution in [2.24, 2.45) is 0 Å². The van der Waals surface area contributed by atoms with Crippen LogP contribution in [-0.4, -0.2) is 51.2 Å². The molecule has 1 atom stereocenters. The predicted molar refractivity (Wildman–Crippen MR) is 92.5 cm³/mol. The molecule has 1 unspecified atom stereocenters. The molecule has 1 N–H and O–H groups in total. The van der Waals surface area contributed by atoms with Crippen molar-refractivity contribution in [3.8, 4) is 11.5 Å². The zero-order valence-corrected chi connectivity index (χ0v) is 15.4. The molecule has 0 bridgehead atoms. The molecular weight excluding hydrogens is 372 g/mol. The molecule has 2 rings (SSSR count). The number of benzene rings is 1. The van der Waals surface area contributed by atoms with Crippen molar-refractivity contribution in [2.75, 3.05) is 34.4 Å². The summed E-state index contributed by atoms with van der Waals surface area (Å²) in [5.74, 6) is 1.21. The summed E-state index contributed by atoms with van der Waals surface area (Å²) in [4.78, 5) is 14.6. The van der Waals surface area contributed by atoms with E-state index < -0.39 is 0 Å². The first-order valence-corrected chi connectivity index (χ1v) is 7.78. The summed E-state index contributed by atoms with van der Waals surface area (Å²) in [6.07, 6.45) is 2.12. The van der Waals surface area contributed by atoms with Crippen LogP contribution in [0.5, 0.6) is 11.5 Å².